The molecule has 3 heteroatoms. The Balaban J connectivity index is 1.33. The lowest BCUT2D eigenvalue weighted by molar-refractivity contribution is 0.247. The molecule has 2 saturated carbocycles. The van der Waals surface area contributed by atoms with Gasteiger partial charge in [-0.15, -0.1) is 0 Å². The maximum atomic E-state index is 5.67. The lowest BCUT2D eigenvalue weighted by Crippen LogP contribution is -2.42. The summed E-state index contributed by atoms with van der Waals surface area (Å²) in [6.07, 6.45) is 7.02. The van der Waals surface area contributed by atoms with Gasteiger partial charge in [-0.05, 0) is 75.0 Å². The molecule has 5 atom stereocenters. The van der Waals surface area contributed by atoms with Crippen molar-refractivity contribution in [1.29, 1.82) is 0 Å². The fraction of sp³-hybridized carbons (Fsp3) is 0.700. The summed E-state index contributed by atoms with van der Waals surface area (Å²) in [5.41, 5.74) is 2.55. The number of hydrogen-bond donors (Lipinski definition) is 2. The van der Waals surface area contributed by atoms with E-state index in [0.717, 1.165) is 48.8 Å². The SMILES string of the molecule is CC(Cc1ccc2c(c1)NCCO2)NC(C)C1CC2CCC1C2. The Morgan fingerprint density at radius 2 is 2.17 bits per heavy atom. The second kappa shape index (κ2) is 6.35. The van der Waals surface area contributed by atoms with Crippen LogP contribution >= 0.6 is 0 Å². The van der Waals surface area contributed by atoms with Crippen LogP contribution in [0.2, 0.25) is 0 Å². The fourth-order valence-corrected chi connectivity index (χ4v) is 5.21. The van der Waals surface area contributed by atoms with E-state index in [-0.39, 0.29) is 0 Å². The summed E-state index contributed by atoms with van der Waals surface area (Å²) in [5.74, 6) is 3.95. The molecule has 2 fully saturated rings. The molecule has 3 nitrogen and oxygen atoms in total. The molecule has 1 aromatic carbocycles. The van der Waals surface area contributed by atoms with Gasteiger partial charge in [0.2, 0.25) is 0 Å². The third-order valence-corrected chi connectivity index (χ3v) is 6.24. The van der Waals surface area contributed by atoms with Gasteiger partial charge in [-0.25, -0.2) is 0 Å². The number of benzene rings is 1. The number of fused-ring (bicyclic) bond motifs is 3. The van der Waals surface area contributed by atoms with Crippen molar-refractivity contribution in [3.63, 3.8) is 0 Å². The molecule has 2 aliphatic carbocycles. The van der Waals surface area contributed by atoms with Gasteiger partial charge in [-0.1, -0.05) is 12.5 Å². The quantitative estimate of drug-likeness (QED) is 0.866. The predicted molar refractivity (Wildman–Crippen MR) is 95.1 cm³/mol. The summed E-state index contributed by atoms with van der Waals surface area (Å²) in [7, 11) is 0. The average molecular weight is 314 g/mol. The van der Waals surface area contributed by atoms with Crippen molar-refractivity contribution in [2.24, 2.45) is 17.8 Å². The van der Waals surface area contributed by atoms with Crippen molar-refractivity contribution in [3.8, 4) is 5.75 Å². The van der Waals surface area contributed by atoms with Gasteiger partial charge in [0.1, 0.15) is 12.4 Å². The highest BCUT2D eigenvalue weighted by Crippen LogP contribution is 2.49. The minimum absolute atomic E-state index is 0.520. The first-order chi connectivity index (χ1) is 11.2. The summed E-state index contributed by atoms with van der Waals surface area (Å²) in [5, 5.41) is 7.32. The third-order valence-electron chi connectivity index (χ3n) is 6.24. The van der Waals surface area contributed by atoms with Crippen LogP contribution in [0.15, 0.2) is 18.2 Å². The molecule has 0 aromatic heterocycles. The molecule has 2 bridgehead atoms. The first kappa shape index (κ1) is 15.3. The lowest BCUT2D eigenvalue weighted by Gasteiger charge is -2.31. The molecule has 0 amide bonds. The van der Waals surface area contributed by atoms with E-state index in [1.54, 1.807) is 0 Å². The van der Waals surface area contributed by atoms with Crippen LogP contribution in [0.3, 0.4) is 0 Å². The first-order valence-corrected chi connectivity index (χ1v) is 9.44. The Morgan fingerprint density at radius 1 is 1.26 bits per heavy atom. The van der Waals surface area contributed by atoms with Gasteiger partial charge < -0.3 is 15.4 Å². The Hall–Kier alpha value is -1.22. The fourth-order valence-electron chi connectivity index (χ4n) is 5.21. The second-order valence-corrected chi connectivity index (χ2v) is 8.00. The first-order valence-electron chi connectivity index (χ1n) is 9.44. The van der Waals surface area contributed by atoms with Gasteiger partial charge >= 0.3 is 0 Å². The normalized spacial score (nSPS) is 31.1. The molecule has 0 radical (unpaired) electrons. The van der Waals surface area contributed by atoms with E-state index >= 15 is 0 Å². The van der Waals surface area contributed by atoms with Gasteiger partial charge in [0.25, 0.3) is 0 Å². The van der Waals surface area contributed by atoms with Crippen LogP contribution in [-0.2, 0) is 6.42 Å². The molecule has 0 saturated heterocycles. The maximum Gasteiger partial charge on any atom is 0.142 e. The van der Waals surface area contributed by atoms with Crippen LogP contribution in [0.5, 0.6) is 5.75 Å². The molecule has 2 N–H and O–H groups in total. The summed E-state index contributed by atoms with van der Waals surface area (Å²) in [6, 6.07) is 7.76. The third kappa shape index (κ3) is 3.21. The van der Waals surface area contributed by atoms with E-state index in [0.29, 0.717) is 12.1 Å². The monoisotopic (exact) mass is 314 g/mol. The molecular weight excluding hydrogens is 284 g/mol. The zero-order chi connectivity index (χ0) is 15.8. The van der Waals surface area contributed by atoms with Gasteiger partial charge in [0.05, 0.1) is 5.69 Å². The van der Waals surface area contributed by atoms with Crippen LogP contribution < -0.4 is 15.4 Å². The Morgan fingerprint density at radius 3 is 2.96 bits per heavy atom. The predicted octanol–water partition coefficient (Wildman–Crippen LogP) is 3.84. The van der Waals surface area contributed by atoms with E-state index < -0.39 is 0 Å². The molecule has 4 rings (SSSR count). The highest BCUT2D eigenvalue weighted by Gasteiger charge is 2.41. The van der Waals surface area contributed by atoms with Gasteiger partial charge in [-0.2, -0.15) is 0 Å². The number of ether oxygens (including phenoxy) is 1. The zero-order valence-electron chi connectivity index (χ0n) is 14.5. The number of anilines is 1. The maximum absolute atomic E-state index is 5.67. The van der Waals surface area contributed by atoms with Crippen molar-refractivity contribution in [2.45, 2.75) is 58.0 Å². The molecule has 1 aliphatic heterocycles. The molecular formula is C20H30N2O. The van der Waals surface area contributed by atoms with E-state index in [9.17, 15) is 0 Å². The van der Waals surface area contributed by atoms with Crippen LogP contribution in [0, 0.1) is 17.8 Å². The van der Waals surface area contributed by atoms with Crippen LogP contribution in [0.25, 0.3) is 0 Å². The van der Waals surface area contributed by atoms with Crippen LogP contribution in [0.4, 0.5) is 5.69 Å². The highest BCUT2D eigenvalue weighted by molar-refractivity contribution is 5.59. The molecule has 5 unspecified atom stereocenters. The number of hydrogen-bond acceptors (Lipinski definition) is 3. The molecule has 0 spiro atoms. The Labute approximate surface area is 140 Å². The van der Waals surface area contributed by atoms with Crippen molar-refractivity contribution in [3.05, 3.63) is 23.8 Å². The topological polar surface area (TPSA) is 33.3 Å². The van der Waals surface area contributed by atoms with Gasteiger partial charge in [0, 0.05) is 18.6 Å². The Kier molecular flexibility index (Phi) is 4.23. The summed E-state index contributed by atoms with van der Waals surface area (Å²) < 4.78 is 5.67. The molecule has 1 aromatic rings. The average Bonchev–Trinajstić information content (AvgIpc) is 3.17. The van der Waals surface area contributed by atoms with Crippen molar-refractivity contribution in [2.75, 3.05) is 18.5 Å². The minimum Gasteiger partial charge on any atom is -0.490 e. The van der Waals surface area contributed by atoms with E-state index in [1.807, 2.05) is 0 Å². The molecule has 23 heavy (non-hydrogen) atoms. The van der Waals surface area contributed by atoms with Crippen molar-refractivity contribution < 1.29 is 4.74 Å². The molecule has 126 valence electrons. The summed E-state index contributed by atoms with van der Waals surface area (Å²) >= 11 is 0. The zero-order valence-corrected chi connectivity index (χ0v) is 14.5. The second-order valence-electron chi connectivity index (χ2n) is 8.00. The number of rotatable bonds is 5. The molecule has 1 heterocycles. The molecule has 3 aliphatic rings. The van der Waals surface area contributed by atoms with Gasteiger partial charge in [0.15, 0.2) is 0 Å². The van der Waals surface area contributed by atoms with Crippen LogP contribution in [-0.4, -0.2) is 25.2 Å². The lowest BCUT2D eigenvalue weighted by atomic mass is 9.83. The highest BCUT2D eigenvalue weighted by atomic mass is 16.5. The largest absolute Gasteiger partial charge is 0.490 e. The summed E-state index contributed by atoms with van der Waals surface area (Å²) in [4.78, 5) is 0. The van der Waals surface area contributed by atoms with Crippen molar-refractivity contribution >= 4 is 5.69 Å². The Bertz CT molecular complexity index is 559. The van der Waals surface area contributed by atoms with E-state index in [1.165, 1.54) is 31.2 Å². The smallest absolute Gasteiger partial charge is 0.142 e. The van der Waals surface area contributed by atoms with Crippen molar-refractivity contribution in [1.82, 2.24) is 5.32 Å². The minimum atomic E-state index is 0.520. The van der Waals surface area contributed by atoms with Crippen LogP contribution in [0.1, 0.15) is 45.1 Å². The standard InChI is InChI=1S/C20H30N2O/c1-13(22-14(2)18-11-16-3-5-17(18)10-16)9-15-4-6-20-19(12-15)21-7-8-23-20/h4,6,12-14,16-18,21-22H,3,5,7-11H2,1-2H3. The van der Waals surface area contributed by atoms with E-state index in [2.05, 4.69) is 42.7 Å². The summed E-state index contributed by atoms with van der Waals surface area (Å²) in [6.45, 7) is 6.41. The van der Waals surface area contributed by atoms with E-state index in [4.69, 9.17) is 4.74 Å². The number of nitrogens with one attached hydrogen (secondary N) is 2. The van der Waals surface area contributed by atoms with Gasteiger partial charge in [-0.3, -0.25) is 0 Å².